The van der Waals surface area contributed by atoms with E-state index in [1.165, 1.54) is 6.42 Å². The van der Waals surface area contributed by atoms with Crippen LogP contribution in [0, 0.1) is 11.8 Å². The van der Waals surface area contributed by atoms with Gasteiger partial charge in [-0.2, -0.15) is 0 Å². The molecule has 1 heterocycles. The van der Waals surface area contributed by atoms with E-state index < -0.39 is 0 Å². The van der Waals surface area contributed by atoms with Gasteiger partial charge in [-0.15, -0.1) is 0 Å². The fourth-order valence-electron chi connectivity index (χ4n) is 3.18. The molecule has 0 saturated carbocycles. The van der Waals surface area contributed by atoms with Crippen LogP contribution in [0.15, 0.2) is 24.3 Å². The summed E-state index contributed by atoms with van der Waals surface area (Å²) >= 11 is 0. The van der Waals surface area contributed by atoms with E-state index in [1.54, 1.807) is 7.11 Å². The van der Waals surface area contributed by atoms with Crippen LogP contribution in [-0.2, 0) is 4.79 Å². The third kappa shape index (κ3) is 3.97. The minimum Gasteiger partial charge on any atom is -0.495 e. The number of piperidine rings is 1. The highest BCUT2D eigenvalue weighted by molar-refractivity contribution is 5.95. The molecule has 21 heavy (non-hydrogen) atoms. The van der Waals surface area contributed by atoms with Crippen LogP contribution in [0.5, 0.6) is 5.75 Å². The lowest BCUT2D eigenvalue weighted by Gasteiger charge is -2.38. The molecule has 4 heteroatoms. The summed E-state index contributed by atoms with van der Waals surface area (Å²) in [4.78, 5) is 14.8. The van der Waals surface area contributed by atoms with Crippen LogP contribution in [0.1, 0.15) is 27.2 Å². The molecule has 0 aromatic heterocycles. The highest BCUT2D eigenvalue weighted by Crippen LogP contribution is 2.25. The third-order valence-electron chi connectivity index (χ3n) is 4.19. The van der Waals surface area contributed by atoms with Crippen LogP contribution in [0.3, 0.4) is 0 Å². The van der Waals surface area contributed by atoms with Crippen molar-refractivity contribution in [2.75, 3.05) is 25.5 Å². The first-order chi connectivity index (χ1) is 10.0. The van der Waals surface area contributed by atoms with Gasteiger partial charge in [0.25, 0.3) is 0 Å². The van der Waals surface area contributed by atoms with E-state index in [9.17, 15) is 4.79 Å². The molecule has 0 bridgehead atoms. The normalized spacial score (nSPS) is 24.4. The second-order valence-electron chi connectivity index (χ2n) is 6.27. The number of carbonyl (C=O) groups is 1. The molecular weight excluding hydrogens is 264 g/mol. The minimum atomic E-state index is -0.125. The molecule has 1 aliphatic heterocycles. The summed E-state index contributed by atoms with van der Waals surface area (Å²) in [6.45, 7) is 8.48. The van der Waals surface area contributed by atoms with Crippen molar-refractivity contribution < 1.29 is 9.53 Å². The van der Waals surface area contributed by atoms with Crippen LogP contribution in [-0.4, -0.2) is 37.0 Å². The zero-order valence-corrected chi connectivity index (χ0v) is 13.4. The number of hydrogen-bond donors (Lipinski definition) is 1. The molecule has 1 aromatic rings. The van der Waals surface area contributed by atoms with Crippen molar-refractivity contribution in [3.8, 4) is 5.75 Å². The molecule has 0 radical (unpaired) electrons. The maximum absolute atomic E-state index is 12.5. The number of rotatable bonds is 4. The van der Waals surface area contributed by atoms with Crippen molar-refractivity contribution in [1.29, 1.82) is 0 Å². The van der Waals surface area contributed by atoms with E-state index in [4.69, 9.17) is 4.74 Å². The van der Waals surface area contributed by atoms with Crippen molar-refractivity contribution in [3.63, 3.8) is 0 Å². The monoisotopic (exact) mass is 290 g/mol. The maximum Gasteiger partial charge on any atom is 0.241 e. The van der Waals surface area contributed by atoms with Crippen molar-refractivity contribution in [2.45, 2.75) is 33.2 Å². The van der Waals surface area contributed by atoms with Gasteiger partial charge in [-0.25, -0.2) is 0 Å². The Bertz CT molecular complexity index is 479. The summed E-state index contributed by atoms with van der Waals surface area (Å²) in [6, 6.07) is 7.39. The molecule has 116 valence electrons. The molecule has 1 N–H and O–H groups in total. The number of amides is 1. The van der Waals surface area contributed by atoms with Gasteiger partial charge in [0.2, 0.25) is 5.91 Å². The summed E-state index contributed by atoms with van der Waals surface area (Å²) in [7, 11) is 1.61. The summed E-state index contributed by atoms with van der Waals surface area (Å²) in [5, 5.41) is 2.98. The molecule has 2 rings (SSSR count). The second-order valence-corrected chi connectivity index (χ2v) is 6.27. The van der Waals surface area contributed by atoms with Crippen LogP contribution in [0.25, 0.3) is 0 Å². The van der Waals surface area contributed by atoms with Gasteiger partial charge in [0.05, 0.1) is 18.8 Å². The molecule has 0 aliphatic carbocycles. The molecule has 1 fully saturated rings. The van der Waals surface area contributed by atoms with Crippen molar-refractivity contribution in [1.82, 2.24) is 4.90 Å². The number of para-hydroxylation sites is 2. The van der Waals surface area contributed by atoms with E-state index in [2.05, 4.69) is 24.1 Å². The maximum atomic E-state index is 12.5. The van der Waals surface area contributed by atoms with Crippen LogP contribution in [0.2, 0.25) is 0 Å². The van der Waals surface area contributed by atoms with Gasteiger partial charge < -0.3 is 10.1 Å². The third-order valence-corrected chi connectivity index (χ3v) is 4.19. The quantitative estimate of drug-likeness (QED) is 0.927. The average Bonchev–Trinajstić information content (AvgIpc) is 2.46. The fraction of sp³-hybridized carbons (Fsp3) is 0.588. The Morgan fingerprint density at radius 1 is 1.29 bits per heavy atom. The van der Waals surface area contributed by atoms with Crippen LogP contribution in [0.4, 0.5) is 5.69 Å². The Labute approximate surface area is 127 Å². The summed E-state index contributed by atoms with van der Waals surface area (Å²) < 4.78 is 5.28. The first kappa shape index (κ1) is 15.8. The first-order valence-electron chi connectivity index (χ1n) is 7.69. The van der Waals surface area contributed by atoms with Gasteiger partial charge in [-0.1, -0.05) is 26.0 Å². The Morgan fingerprint density at radius 3 is 2.52 bits per heavy atom. The molecule has 1 saturated heterocycles. The fourth-order valence-corrected chi connectivity index (χ4v) is 3.18. The molecule has 1 aliphatic rings. The van der Waals surface area contributed by atoms with Gasteiger partial charge >= 0.3 is 0 Å². The zero-order chi connectivity index (χ0) is 15.4. The second kappa shape index (κ2) is 6.94. The van der Waals surface area contributed by atoms with E-state index in [0.29, 0.717) is 17.6 Å². The van der Waals surface area contributed by atoms with Crippen LogP contribution >= 0.6 is 0 Å². The molecule has 4 nitrogen and oxygen atoms in total. The number of carbonyl (C=O) groups excluding carboxylic acids is 1. The number of benzene rings is 1. The predicted molar refractivity (Wildman–Crippen MR) is 85.6 cm³/mol. The Kier molecular flexibility index (Phi) is 5.23. The van der Waals surface area contributed by atoms with Gasteiger partial charge in [0, 0.05) is 13.1 Å². The summed E-state index contributed by atoms with van der Waals surface area (Å²) in [5.41, 5.74) is 0.731. The van der Waals surface area contributed by atoms with Crippen LogP contribution < -0.4 is 10.1 Å². The average molecular weight is 290 g/mol. The molecule has 0 spiro atoms. The molecule has 0 unspecified atom stereocenters. The molecule has 3 atom stereocenters. The number of likely N-dealkylation sites (tertiary alicyclic amines) is 1. The molecule has 1 aromatic carbocycles. The summed E-state index contributed by atoms with van der Waals surface area (Å²) in [5.74, 6) is 2.02. The highest BCUT2D eigenvalue weighted by Gasteiger charge is 2.29. The number of nitrogens with one attached hydrogen (secondary N) is 1. The Balaban J connectivity index is 2.02. The smallest absolute Gasteiger partial charge is 0.241 e. The van der Waals surface area contributed by atoms with E-state index in [1.807, 2.05) is 31.2 Å². The van der Waals surface area contributed by atoms with Crippen molar-refractivity contribution in [2.24, 2.45) is 11.8 Å². The number of ether oxygens (including phenoxy) is 1. The van der Waals surface area contributed by atoms with E-state index in [0.717, 1.165) is 18.8 Å². The zero-order valence-electron chi connectivity index (χ0n) is 13.4. The van der Waals surface area contributed by atoms with Crippen molar-refractivity contribution in [3.05, 3.63) is 24.3 Å². The van der Waals surface area contributed by atoms with E-state index in [-0.39, 0.29) is 11.9 Å². The van der Waals surface area contributed by atoms with Gasteiger partial charge in [-0.3, -0.25) is 9.69 Å². The lowest BCUT2D eigenvalue weighted by atomic mass is 9.91. The number of methoxy groups -OCH3 is 1. The number of anilines is 1. The lowest BCUT2D eigenvalue weighted by molar-refractivity contribution is -0.121. The summed E-state index contributed by atoms with van der Waals surface area (Å²) in [6.07, 6.45) is 1.25. The molecule has 1 amide bonds. The Hall–Kier alpha value is -1.55. The number of hydrogen-bond acceptors (Lipinski definition) is 3. The van der Waals surface area contributed by atoms with Gasteiger partial charge in [-0.05, 0) is 37.3 Å². The first-order valence-corrected chi connectivity index (χ1v) is 7.69. The highest BCUT2D eigenvalue weighted by atomic mass is 16.5. The standard InChI is InChI=1S/C17H26N2O2/c1-12-9-13(2)11-19(10-12)14(3)17(20)18-15-7-5-6-8-16(15)21-4/h5-8,12-14H,9-11H2,1-4H3,(H,18,20)/t12-,13+,14-/m0/s1. The SMILES string of the molecule is COc1ccccc1NC(=O)[C@H](C)N1C[C@H](C)C[C@H](C)C1. The Morgan fingerprint density at radius 2 is 1.90 bits per heavy atom. The topological polar surface area (TPSA) is 41.6 Å². The van der Waals surface area contributed by atoms with Gasteiger partial charge in [0.15, 0.2) is 0 Å². The predicted octanol–water partition coefficient (Wildman–Crippen LogP) is 3.00. The lowest BCUT2D eigenvalue weighted by Crippen LogP contribution is -2.48. The largest absolute Gasteiger partial charge is 0.495 e. The number of nitrogens with zero attached hydrogens (tertiary/aromatic N) is 1. The molecular formula is C17H26N2O2. The minimum absolute atomic E-state index is 0.0285. The van der Waals surface area contributed by atoms with Gasteiger partial charge in [0.1, 0.15) is 5.75 Å². The van der Waals surface area contributed by atoms with E-state index >= 15 is 0 Å². The van der Waals surface area contributed by atoms with Crippen molar-refractivity contribution >= 4 is 11.6 Å².